The number of nitrogens with one attached hydrogen (secondary N) is 1. The lowest BCUT2D eigenvalue weighted by Crippen LogP contribution is -2.31. The number of sulfonamides is 1. The van der Waals surface area contributed by atoms with Gasteiger partial charge in [-0.05, 0) is 30.7 Å². The van der Waals surface area contributed by atoms with Crippen molar-refractivity contribution in [1.29, 1.82) is 0 Å². The minimum Gasteiger partial charge on any atom is -0.392 e. The predicted octanol–water partition coefficient (Wildman–Crippen LogP) is 1.39. The summed E-state index contributed by atoms with van der Waals surface area (Å²) < 4.78 is 25.7. The van der Waals surface area contributed by atoms with E-state index in [-0.39, 0.29) is 11.4 Å². The smallest absolute Gasteiger partial charge is 0.240 e. The van der Waals surface area contributed by atoms with Gasteiger partial charge in [-0.25, -0.2) is 13.1 Å². The van der Waals surface area contributed by atoms with Crippen LogP contribution in [0.4, 0.5) is 0 Å². The van der Waals surface area contributed by atoms with Crippen LogP contribution in [0.15, 0.2) is 29.2 Å². The molecule has 0 aliphatic rings. The lowest BCUT2D eigenvalue weighted by Gasteiger charge is -2.10. The molecule has 0 bridgehead atoms. The number of hydrogen-bond acceptors (Lipinski definition) is 3. The molecule has 0 saturated heterocycles. The van der Waals surface area contributed by atoms with E-state index in [1.807, 2.05) is 0 Å². The molecule has 0 saturated carbocycles. The molecule has 0 amide bonds. The number of aliphatic hydroxyl groups is 1. The fraction of sp³-hybridized carbons (Fsp3) is 0.400. The van der Waals surface area contributed by atoms with E-state index in [2.05, 4.69) is 4.72 Å². The van der Waals surface area contributed by atoms with Gasteiger partial charge in [0.25, 0.3) is 0 Å². The molecular formula is C10H14ClNO3S. The molecule has 0 aromatic heterocycles. The zero-order chi connectivity index (χ0) is 12.2. The van der Waals surface area contributed by atoms with Gasteiger partial charge in [-0.3, -0.25) is 0 Å². The van der Waals surface area contributed by atoms with E-state index in [4.69, 9.17) is 11.6 Å². The normalized spacial score (nSPS) is 13.7. The number of halogens is 1. The number of aliphatic hydroxyl groups excluding tert-OH is 1. The summed E-state index contributed by atoms with van der Waals surface area (Å²) in [5, 5.41) is 9.74. The molecule has 2 N–H and O–H groups in total. The first-order chi connectivity index (χ1) is 7.45. The van der Waals surface area contributed by atoms with Crippen molar-refractivity contribution >= 4 is 21.6 Å². The summed E-state index contributed by atoms with van der Waals surface area (Å²) in [6.07, 6.45) is -0.162. The first kappa shape index (κ1) is 13.4. The zero-order valence-electron chi connectivity index (χ0n) is 8.85. The van der Waals surface area contributed by atoms with E-state index in [1.165, 1.54) is 24.3 Å². The van der Waals surface area contributed by atoms with Gasteiger partial charge in [0.05, 0.1) is 11.0 Å². The van der Waals surface area contributed by atoms with E-state index >= 15 is 0 Å². The van der Waals surface area contributed by atoms with Crippen molar-refractivity contribution in [3.8, 4) is 0 Å². The second-order valence-corrected chi connectivity index (χ2v) is 5.57. The van der Waals surface area contributed by atoms with Crippen LogP contribution in [-0.4, -0.2) is 26.2 Å². The Morgan fingerprint density at radius 1 is 1.38 bits per heavy atom. The fourth-order valence-electron chi connectivity index (χ4n) is 1.05. The first-order valence-electron chi connectivity index (χ1n) is 4.89. The van der Waals surface area contributed by atoms with Gasteiger partial charge in [-0.2, -0.15) is 0 Å². The zero-order valence-corrected chi connectivity index (χ0v) is 10.4. The van der Waals surface area contributed by atoms with Crippen LogP contribution in [0, 0.1) is 0 Å². The summed E-state index contributed by atoms with van der Waals surface area (Å²) in [7, 11) is -3.55. The minimum atomic E-state index is -3.55. The fourth-order valence-corrected chi connectivity index (χ4v) is 2.25. The standard InChI is InChI=1S/C10H14ClNO3S/c1-2-9(13)7-12-16(14,15)10-5-3-8(11)4-6-10/h3-6,9,12-13H,2,7H2,1H3. The molecular weight excluding hydrogens is 250 g/mol. The van der Waals surface area contributed by atoms with Crippen molar-refractivity contribution in [2.45, 2.75) is 24.3 Å². The molecule has 16 heavy (non-hydrogen) atoms. The lowest BCUT2D eigenvalue weighted by atomic mass is 10.3. The maximum atomic E-state index is 11.7. The van der Waals surface area contributed by atoms with Crippen molar-refractivity contribution in [3.05, 3.63) is 29.3 Å². The highest BCUT2D eigenvalue weighted by molar-refractivity contribution is 7.89. The Balaban J connectivity index is 2.74. The molecule has 90 valence electrons. The third-order valence-corrected chi connectivity index (χ3v) is 3.80. The topological polar surface area (TPSA) is 66.4 Å². The molecule has 1 aromatic carbocycles. The van der Waals surface area contributed by atoms with Crippen LogP contribution in [0.2, 0.25) is 5.02 Å². The van der Waals surface area contributed by atoms with Gasteiger partial charge in [0.15, 0.2) is 0 Å². The number of benzene rings is 1. The van der Waals surface area contributed by atoms with Gasteiger partial charge in [0.2, 0.25) is 10.0 Å². The van der Waals surface area contributed by atoms with Crippen molar-refractivity contribution in [3.63, 3.8) is 0 Å². The summed E-state index contributed by atoms with van der Waals surface area (Å²) in [4.78, 5) is 0.139. The van der Waals surface area contributed by atoms with Crippen molar-refractivity contribution in [2.75, 3.05) is 6.54 Å². The average molecular weight is 264 g/mol. The summed E-state index contributed by atoms with van der Waals surface area (Å²) in [6, 6.07) is 5.85. The van der Waals surface area contributed by atoms with Crippen LogP contribution in [0.5, 0.6) is 0 Å². The predicted molar refractivity (Wildman–Crippen MR) is 62.9 cm³/mol. The third kappa shape index (κ3) is 3.75. The Morgan fingerprint density at radius 2 is 1.94 bits per heavy atom. The molecule has 6 heteroatoms. The highest BCUT2D eigenvalue weighted by atomic mass is 35.5. The number of rotatable bonds is 5. The molecule has 1 unspecified atom stereocenters. The maximum Gasteiger partial charge on any atom is 0.240 e. The van der Waals surface area contributed by atoms with Crippen LogP contribution >= 0.6 is 11.6 Å². The second kappa shape index (κ2) is 5.63. The molecule has 1 aromatic rings. The van der Waals surface area contributed by atoms with Gasteiger partial charge in [-0.15, -0.1) is 0 Å². The Kier molecular flexibility index (Phi) is 4.73. The van der Waals surface area contributed by atoms with Crippen molar-refractivity contribution in [1.82, 2.24) is 4.72 Å². The SMILES string of the molecule is CCC(O)CNS(=O)(=O)c1ccc(Cl)cc1. The molecule has 0 fully saturated rings. The Labute approximate surface area is 100 Å². The quantitative estimate of drug-likeness (QED) is 0.844. The van der Waals surface area contributed by atoms with Crippen molar-refractivity contribution in [2.24, 2.45) is 0 Å². The Morgan fingerprint density at radius 3 is 2.44 bits per heavy atom. The molecule has 0 heterocycles. The molecule has 1 atom stereocenters. The molecule has 1 rings (SSSR count). The van der Waals surface area contributed by atoms with Gasteiger partial charge < -0.3 is 5.11 Å². The molecule has 0 spiro atoms. The van der Waals surface area contributed by atoms with E-state index in [9.17, 15) is 13.5 Å². The Hall–Kier alpha value is -0.620. The molecule has 0 aliphatic heterocycles. The summed E-state index contributed by atoms with van der Waals surface area (Å²) >= 11 is 5.66. The average Bonchev–Trinajstić information content (AvgIpc) is 2.26. The van der Waals surface area contributed by atoms with E-state index in [1.54, 1.807) is 6.92 Å². The van der Waals surface area contributed by atoms with Crippen LogP contribution in [0.3, 0.4) is 0 Å². The van der Waals surface area contributed by atoms with Crippen molar-refractivity contribution < 1.29 is 13.5 Å². The summed E-state index contributed by atoms with van der Waals surface area (Å²) in [6.45, 7) is 1.79. The van der Waals surface area contributed by atoms with E-state index in [0.29, 0.717) is 11.4 Å². The van der Waals surface area contributed by atoms with Crippen LogP contribution in [-0.2, 0) is 10.0 Å². The molecule has 0 radical (unpaired) electrons. The highest BCUT2D eigenvalue weighted by Gasteiger charge is 2.14. The van der Waals surface area contributed by atoms with Crippen LogP contribution in [0.25, 0.3) is 0 Å². The van der Waals surface area contributed by atoms with Crippen LogP contribution in [0.1, 0.15) is 13.3 Å². The lowest BCUT2D eigenvalue weighted by molar-refractivity contribution is 0.174. The van der Waals surface area contributed by atoms with Gasteiger partial charge in [0, 0.05) is 11.6 Å². The van der Waals surface area contributed by atoms with Gasteiger partial charge >= 0.3 is 0 Å². The van der Waals surface area contributed by atoms with E-state index < -0.39 is 16.1 Å². The first-order valence-corrected chi connectivity index (χ1v) is 6.75. The van der Waals surface area contributed by atoms with Gasteiger partial charge in [0.1, 0.15) is 0 Å². The van der Waals surface area contributed by atoms with Crippen LogP contribution < -0.4 is 4.72 Å². The monoisotopic (exact) mass is 263 g/mol. The van der Waals surface area contributed by atoms with Gasteiger partial charge in [-0.1, -0.05) is 18.5 Å². The minimum absolute atomic E-state index is 0.0153. The summed E-state index contributed by atoms with van der Waals surface area (Å²) in [5.41, 5.74) is 0. The number of hydrogen-bond donors (Lipinski definition) is 2. The van der Waals surface area contributed by atoms with E-state index in [0.717, 1.165) is 0 Å². The summed E-state index contributed by atoms with van der Waals surface area (Å²) in [5.74, 6) is 0. The Bertz CT molecular complexity index is 430. The second-order valence-electron chi connectivity index (χ2n) is 3.37. The molecule has 4 nitrogen and oxygen atoms in total. The largest absolute Gasteiger partial charge is 0.392 e. The third-order valence-electron chi connectivity index (χ3n) is 2.10. The molecule has 0 aliphatic carbocycles. The highest BCUT2D eigenvalue weighted by Crippen LogP contribution is 2.13. The maximum absolute atomic E-state index is 11.7.